The fourth-order valence-electron chi connectivity index (χ4n) is 1.78. The van der Waals surface area contributed by atoms with Gasteiger partial charge in [0.25, 0.3) is 0 Å². The summed E-state index contributed by atoms with van der Waals surface area (Å²) in [5.41, 5.74) is 1.12. The molecular weight excluding hydrogens is 347 g/mol. The van der Waals surface area contributed by atoms with Crippen LogP contribution in [-0.4, -0.2) is 5.88 Å². The van der Waals surface area contributed by atoms with Crippen molar-refractivity contribution in [2.75, 3.05) is 5.88 Å². The summed E-state index contributed by atoms with van der Waals surface area (Å²) in [6.07, 6.45) is 0.692. The third-order valence-electron chi connectivity index (χ3n) is 2.71. The molecule has 19 heavy (non-hydrogen) atoms. The molecule has 2 rings (SSSR count). The van der Waals surface area contributed by atoms with Gasteiger partial charge in [0.05, 0.1) is 4.47 Å². The molecule has 0 aliphatic rings. The molecule has 0 heterocycles. The molecule has 0 bridgehead atoms. The van der Waals surface area contributed by atoms with Gasteiger partial charge in [-0.05, 0) is 39.7 Å². The molecular formula is C15H13BrCl2O. The summed E-state index contributed by atoms with van der Waals surface area (Å²) in [7, 11) is 0. The lowest BCUT2D eigenvalue weighted by Crippen LogP contribution is -2.08. The maximum absolute atomic E-state index is 6.04. The monoisotopic (exact) mass is 358 g/mol. The van der Waals surface area contributed by atoms with Crippen molar-refractivity contribution in [3.63, 3.8) is 0 Å². The quantitative estimate of drug-likeness (QED) is 0.608. The van der Waals surface area contributed by atoms with Gasteiger partial charge >= 0.3 is 0 Å². The van der Waals surface area contributed by atoms with Crippen LogP contribution in [-0.2, 0) is 0 Å². The minimum Gasteiger partial charge on any atom is -0.485 e. The molecule has 0 spiro atoms. The first-order chi connectivity index (χ1) is 9.20. The molecule has 2 aromatic rings. The summed E-state index contributed by atoms with van der Waals surface area (Å²) in [6.45, 7) is 0. The zero-order valence-corrected chi connectivity index (χ0v) is 13.3. The second-order valence-corrected chi connectivity index (χ2v) is 5.74. The number of halogens is 3. The van der Waals surface area contributed by atoms with Crippen molar-refractivity contribution in [1.82, 2.24) is 0 Å². The van der Waals surface area contributed by atoms with E-state index in [0.717, 1.165) is 22.2 Å². The Morgan fingerprint density at radius 3 is 2.47 bits per heavy atom. The Morgan fingerprint density at radius 1 is 1.11 bits per heavy atom. The van der Waals surface area contributed by atoms with Gasteiger partial charge < -0.3 is 4.74 Å². The minimum absolute atomic E-state index is 0.0591. The van der Waals surface area contributed by atoms with Crippen LogP contribution in [0.2, 0.25) is 5.02 Å². The van der Waals surface area contributed by atoms with Crippen molar-refractivity contribution < 1.29 is 4.74 Å². The van der Waals surface area contributed by atoms with Crippen molar-refractivity contribution in [3.05, 3.63) is 63.6 Å². The number of alkyl halides is 1. The first-order valence-electron chi connectivity index (χ1n) is 5.93. The Balaban J connectivity index is 2.21. The molecule has 0 N–H and O–H groups in total. The van der Waals surface area contributed by atoms with Crippen LogP contribution in [0.4, 0.5) is 0 Å². The maximum atomic E-state index is 6.04. The Bertz CT molecular complexity index is 531. The SMILES string of the molecule is ClCC[C@H](Oc1ccc(Cl)cc1Br)c1ccccc1. The highest BCUT2D eigenvalue weighted by molar-refractivity contribution is 9.10. The third-order valence-corrected chi connectivity index (χ3v) is 3.78. The third kappa shape index (κ3) is 4.13. The molecule has 1 nitrogen and oxygen atoms in total. The van der Waals surface area contributed by atoms with E-state index in [9.17, 15) is 0 Å². The molecule has 0 aromatic heterocycles. The van der Waals surface area contributed by atoms with Crippen molar-refractivity contribution in [1.29, 1.82) is 0 Å². The highest BCUT2D eigenvalue weighted by Gasteiger charge is 2.14. The minimum atomic E-state index is -0.0591. The predicted octanol–water partition coefficient (Wildman–Crippen LogP) is 5.85. The van der Waals surface area contributed by atoms with Gasteiger partial charge in [-0.25, -0.2) is 0 Å². The molecule has 0 amide bonds. The average molecular weight is 360 g/mol. The van der Waals surface area contributed by atoms with Crippen molar-refractivity contribution in [2.24, 2.45) is 0 Å². The van der Waals surface area contributed by atoms with E-state index in [2.05, 4.69) is 15.9 Å². The lowest BCUT2D eigenvalue weighted by molar-refractivity contribution is 0.201. The van der Waals surface area contributed by atoms with Crippen LogP contribution in [0, 0.1) is 0 Å². The van der Waals surface area contributed by atoms with E-state index in [1.54, 1.807) is 0 Å². The van der Waals surface area contributed by atoms with Crippen LogP contribution in [0.15, 0.2) is 53.0 Å². The molecule has 0 saturated heterocycles. The average Bonchev–Trinajstić information content (AvgIpc) is 2.42. The van der Waals surface area contributed by atoms with Crippen LogP contribution in [0.25, 0.3) is 0 Å². The van der Waals surface area contributed by atoms with Crippen LogP contribution in [0.3, 0.4) is 0 Å². The first-order valence-corrected chi connectivity index (χ1v) is 7.64. The van der Waals surface area contributed by atoms with Gasteiger partial charge in [0, 0.05) is 17.3 Å². The smallest absolute Gasteiger partial charge is 0.134 e. The zero-order chi connectivity index (χ0) is 13.7. The van der Waals surface area contributed by atoms with Crippen LogP contribution in [0.1, 0.15) is 18.1 Å². The molecule has 0 aliphatic heterocycles. The summed E-state index contributed by atoms with van der Waals surface area (Å²) in [4.78, 5) is 0. The highest BCUT2D eigenvalue weighted by atomic mass is 79.9. The lowest BCUT2D eigenvalue weighted by Gasteiger charge is -2.19. The summed E-state index contributed by atoms with van der Waals surface area (Å²) in [5, 5.41) is 0.674. The van der Waals surface area contributed by atoms with Crippen molar-refractivity contribution in [3.8, 4) is 5.75 Å². The number of benzene rings is 2. The molecule has 100 valence electrons. The molecule has 2 aromatic carbocycles. The van der Waals surface area contributed by atoms with E-state index in [1.165, 1.54) is 0 Å². The normalized spacial score (nSPS) is 12.2. The predicted molar refractivity (Wildman–Crippen MR) is 84.3 cm³/mol. The first kappa shape index (κ1) is 14.7. The number of hydrogen-bond acceptors (Lipinski definition) is 1. The van der Waals surface area contributed by atoms with Gasteiger partial charge in [-0.3, -0.25) is 0 Å². The van der Waals surface area contributed by atoms with E-state index < -0.39 is 0 Å². The van der Waals surface area contributed by atoms with Gasteiger partial charge in [0.1, 0.15) is 11.9 Å². The maximum Gasteiger partial charge on any atom is 0.134 e. The summed E-state index contributed by atoms with van der Waals surface area (Å²) < 4.78 is 6.88. The number of hydrogen-bond donors (Lipinski definition) is 0. The number of ether oxygens (including phenoxy) is 1. The van der Waals surface area contributed by atoms with E-state index in [-0.39, 0.29) is 6.10 Å². The van der Waals surface area contributed by atoms with Crippen LogP contribution >= 0.6 is 39.1 Å². The van der Waals surface area contributed by atoms with Crippen molar-refractivity contribution in [2.45, 2.75) is 12.5 Å². The molecule has 4 heteroatoms. The molecule has 0 aliphatic carbocycles. The summed E-state index contributed by atoms with van der Waals surface area (Å²) in [6, 6.07) is 15.6. The van der Waals surface area contributed by atoms with E-state index in [4.69, 9.17) is 27.9 Å². The molecule has 0 fully saturated rings. The second-order valence-electron chi connectivity index (χ2n) is 4.07. The second kappa shape index (κ2) is 7.18. The zero-order valence-electron chi connectivity index (χ0n) is 10.2. The topological polar surface area (TPSA) is 9.23 Å². The Hall–Kier alpha value is -0.700. The van der Waals surface area contributed by atoms with Gasteiger partial charge in [0.15, 0.2) is 0 Å². The van der Waals surface area contributed by atoms with Crippen molar-refractivity contribution >= 4 is 39.1 Å². The Kier molecular flexibility index (Phi) is 5.56. The van der Waals surface area contributed by atoms with E-state index in [0.29, 0.717) is 10.9 Å². The van der Waals surface area contributed by atoms with E-state index >= 15 is 0 Å². The van der Waals surface area contributed by atoms with Gasteiger partial charge in [-0.1, -0.05) is 41.9 Å². The number of rotatable bonds is 5. The standard InChI is InChI=1S/C15H13BrCl2O/c16-13-10-12(18)6-7-15(13)19-14(8-9-17)11-4-2-1-3-5-11/h1-7,10,14H,8-9H2/t14-/m0/s1. The van der Waals surface area contributed by atoms with Crippen LogP contribution in [0.5, 0.6) is 5.75 Å². The lowest BCUT2D eigenvalue weighted by atomic mass is 10.1. The Morgan fingerprint density at radius 2 is 1.84 bits per heavy atom. The van der Waals surface area contributed by atoms with Crippen LogP contribution < -0.4 is 4.74 Å². The molecule has 1 atom stereocenters. The Labute approximate surface area is 131 Å². The highest BCUT2D eigenvalue weighted by Crippen LogP contribution is 2.32. The largest absolute Gasteiger partial charge is 0.485 e. The molecule has 0 saturated carbocycles. The fourth-order valence-corrected chi connectivity index (χ4v) is 2.76. The summed E-state index contributed by atoms with van der Waals surface area (Å²) >= 11 is 15.2. The van der Waals surface area contributed by atoms with Gasteiger partial charge in [-0.2, -0.15) is 0 Å². The molecule has 0 unspecified atom stereocenters. The van der Waals surface area contributed by atoms with E-state index in [1.807, 2.05) is 48.5 Å². The van der Waals surface area contributed by atoms with Gasteiger partial charge in [-0.15, -0.1) is 11.6 Å². The summed E-state index contributed by atoms with van der Waals surface area (Å²) in [5.74, 6) is 1.31. The van der Waals surface area contributed by atoms with Gasteiger partial charge in [0.2, 0.25) is 0 Å². The fraction of sp³-hybridized carbons (Fsp3) is 0.200. The molecule has 0 radical (unpaired) electrons.